The number of aromatic amines is 1. The zero-order chi connectivity index (χ0) is 23.5. The minimum absolute atomic E-state index is 0.0973. The molecular formula is C25H35N7O2. The van der Waals surface area contributed by atoms with E-state index < -0.39 is 0 Å². The Balaban J connectivity index is 1.56. The second-order valence-electron chi connectivity index (χ2n) is 9.56. The minimum atomic E-state index is -0.282. The van der Waals surface area contributed by atoms with E-state index in [-0.39, 0.29) is 11.6 Å². The Morgan fingerprint density at radius 3 is 2.65 bits per heavy atom. The summed E-state index contributed by atoms with van der Waals surface area (Å²) >= 11 is 0. The quantitative estimate of drug-likeness (QED) is 0.573. The Labute approximate surface area is 200 Å². The SMILES string of the molecule is CCCN1CCN(C(c2cc3ccc(OC)cc3[nH]c2=O)c2nnnn2C2CCCCC2)CC1. The van der Waals surface area contributed by atoms with Crippen molar-refractivity contribution in [3.63, 3.8) is 0 Å². The fraction of sp³-hybridized carbons (Fsp3) is 0.600. The number of aromatic nitrogens is 5. The van der Waals surface area contributed by atoms with Gasteiger partial charge in [-0.05, 0) is 59.8 Å². The van der Waals surface area contributed by atoms with Crippen LogP contribution < -0.4 is 10.3 Å². The molecule has 0 bridgehead atoms. The van der Waals surface area contributed by atoms with Crippen molar-refractivity contribution in [3.05, 3.63) is 46.0 Å². The van der Waals surface area contributed by atoms with E-state index in [4.69, 9.17) is 4.74 Å². The first-order chi connectivity index (χ1) is 16.7. The van der Waals surface area contributed by atoms with Gasteiger partial charge >= 0.3 is 0 Å². The molecule has 1 aromatic carbocycles. The first kappa shape index (κ1) is 23.0. The normalized spacial score (nSPS) is 19.5. The summed E-state index contributed by atoms with van der Waals surface area (Å²) in [5.74, 6) is 1.51. The summed E-state index contributed by atoms with van der Waals surface area (Å²) in [7, 11) is 1.63. The molecule has 9 heteroatoms. The number of piperazine rings is 1. The van der Waals surface area contributed by atoms with Crippen LogP contribution in [0.3, 0.4) is 0 Å². The maximum absolute atomic E-state index is 13.5. The number of pyridine rings is 1. The average molecular weight is 466 g/mol. The average Bonchev–Trinajstić information content (AvgIpc) is 3.35. The van der Waals surface area contributed by atoms with Gasteiger partial charge in [0.1, 0.15) is 11.8 Å². The second-order valence-corrected chi connectivity index (χ2v) is 9.56. The lowest BCUT2D eigenvalue weighted by Gasteiger charge is -2.39. The summed E-state index contributed by atoms with van der Waals surface area (Å²) < 4.78 is 7.36. The molecule has 3 heterocycles. The van der Waals surface area contributed by atoms with Crippen molar-refractivity contribution in [2.24, 2.45) is 0 Å². The Bertz CT molecular complexity index is 1160. The topological polar surface area (TPSA) is 92.2 Å². The van der Waals surface area contributed by atoms with Crippen LogP contribution in [0.5, 0.6) is 5.75 Å². The van der Waals surface area contributed by atoms with Gasteiger partial charge in [-0.2, -0.15) is 0 Å². The molecular weight excluding hydrogens is 430 g/mol. The van der Waals surface area contributed by atoms with E-state index in [1.165, 1.54) is 19.3 Å². The van der Waals surface area contributed by atoms with E-state index in [0.29, 0.717) is 11.6 Å². The zero-order valence-corrected chi connectivity index (χ0v) is 20.2. The summed E-state index contributed by atoms with van der Waals surface area (Å²) in [4.78, 5) is 21.4. The van der Waals surface area contributed by atoms with Crippen molar-refractivity contribution in [3.8, 4) is 5.75 Å². The fourth-order valence-electron chi connectivity index (χ4n) is 5.55. The third-order valence-corrected chi connectivity index (χ3v) is 7.37. The number of fused-ring (bicyclic) bond motifs is 1. The molecule has 3 aromatic rings. The summed E-state index contributed by atoms with van der Waals surface area (Å²) in [6, 6.07) is 7.81. The Kier molecular flexibility index (Phi) is 6.92. The highest BCUT2D eigenvalue weighted by Gasteiger charge is 2.34. The van der Waals surface area contributed by atoms with Crippen molar-refractivity contribution in [2.45, 2.75) is 57.5 Å². The number of hydrogen-bond acceptors (Lipinski definition) is 7. The molecule has 1 saturated carbocycles. The minimum Gasteiger partial charge on any atom is -0.497 e. The lowest BCUT2D eigenvalue weighted by molar-refractivity contribution is 0.103. The van der Waals surface area contributed by atoms with Crippen molar-refractivity contribution in [1.29, 1.82) is 0 Å². The molecule has 1 aliphatic heterocycles. The molecule has 1 saturated heterocycles. The second kappa shape index (κ2) is 10.2. The van der Waals surface area contributed by atoms with Crippen LogP contribution in [0.1, 0.15) is 68.9 Å². The molecule has 1 N–H and O–H groups in total. The van der Waals surface area contributed by atoms with Crippen LogP contribution in [-0.2, 0) is 0 Å². The number of rotatable bonds is 7. The van der Waals surface area contributed by atoms with Gasteiger partial charge in [0.15, 0.2) is 5.82 Å². The maximum Gasteiger partial charge on any atom is 0.253 e. The van der Waals surface area contributed by atoms with Crippen molar-refractivity contribution in [1.82, 2.24) is 35.0 Å². The highest BCUT2D eigenvalue weighted by molar-refractivity contribution is 5.80. The van der Waals surface area contributed by atoms with Crippen LogP contribution in [-0.4, -0.2) is 74.8 Å². The van der Waals surface area contributed by atoms with Gasteiger partial charge in [0.25, 0.3) is 5.56 Å². The standard InChI is InChI=1S/C25H35N7O2/c1-3-11-30-12-14-31(15-13-30)23(24-27-28-29-32(24)19-7-5-4-6-8-19)21-16-18-9-10-20(34-2)17-22(18)26-25(21)33/h9-10,16-17,19,23H,3-8,11-15H2,1-2H3,(H,26,33). The number of tetrazole rings is 1. The van der Waals surface area contributed by atoms with E-state index in [0.717, 1.165) is 74.5 Å². The third kappa shape index (κ3) is 4.59. The molecule has 2 aromatic heterocycles. The van der Waals surface area contributed by atoms with Gasteiger partial charge in [0.2, 0.25) is 0 Å². The number of nitrogens with zero attached hydrogens (tertiary/aromatic N) is 6. The van der Waals surface area contributed by atoms with Gasteiger partial charge in [-0.15, -0.1) is 5.10 Å². The molecule has 34 heavy (non-hydrogen) atoms. The van der Waals surface area contributed by atoms with Crippen LogP contribution >= 0.6 is 0 Å². The maximum atomic E-state index is 13.5. The molecule has 182 valence electrons. The molecule has 0 radical (unpaired) electrons. The number of benzene rings is 1. The van der Waals surface area contributed by atoms with Gasteiger partial charge in [0, 0.05) is 37.8 Å². The number of nitrogens with one attached hydrogen (secondary N) is 1. The third-order valence-electron chi connectivity index (χ3n) is 7.37. The number of methoxy groups -OCH3 is 1. The molecule has 0 amide bonds. The van der Waals surface area contributed by atoms with E-state index >= 15 is 0 Å². The predicted molar refractivity (Wildman–Crippen MR) is 131 cm³/mol. The number of H-pyrrole nitrogens is 1. The van der Waals surface area contributed by atoms with Crippen molar-refractivity contribution < 1.29 is 4.74 Å². The van der Waals surface area contributed by atoms with E-state index in [1.54, 1.807) is 7.11 Å². The highest BCUT2D eigenvalue weighted by atomic mass is 16.5. The van der Waals surface area contributed by atoms with Crippen LogP contribution in [0.15, 0.2) is 29.1 Å². The summed E-state index contributed by atoms with van der Waals surface area (Å²) in [6.45, 7) is 7.05. The number of ether oxygens (including phenoxy) is 1. The van der Waals surface area contributed by atoms with Gasteiger partial charge in [-0.1, -0.05) is 26.2 Å². The molecule has 1 atom stereocenters. The summed E-state index contributed by atoms with van der Waals surface area (Å²) in [5, 5.41) is 14.0. The Morgan fingerprint density at radius 1 is 1.12 bits per heavy atom. The summed E-state index contributed by atoms with van der Waals surface area (Å²) in [5.41, 5.74) is 1.37. The van der Waals surface area contributed by atoms with Crippen LogP contribution in [0.2, 0.25) is 0 Å². The van der Waals surface area contributed by atoms with Crippen LogP contribution in [0, 0.1) is 0 Å². The van der Waals surface area contributed by atoms with Crippen molar-refractivity contribution in [2.75, 3.05) is 39.8 Å². The van der Waals surface area contributed by atoms with Gasteiger partial charge in [-0.3, -0.25) is 9.69 Å². The molecule has 5 rings (SSSR count). The largest absolute Gasteiger partial charge is 0.497 e. The monoisotopic (exact) mass is 465 g/mol. The van der Waals surface area contributed by atoms with Gasteiger partial charge < -0.3 is 14.6 Å². The molecule has 0 spiro atoms. The van der Waals surface area contributed by atoms with Gasteiger partial charge in [-0.25, -0.2) is 4.68 Å². The molecule has 2 fully saturated rings. The highest BCUT2D eigenvalue weighted by Crippen LogP contribution is 2.33. The fourth-order valence-corrected chi connectivity index (χ4v) is 5.55. The van der Waals surface area contributed by atoms with E-state index in [2.05, 4.69) is 37.2 Å². The smallest absolute Gasteiger partial charge is 0.253 e. The first-order valence-corrected chi connectivity index (χ1v) is 12.6. The molecule has 9 nitrogen and oxygen atoms in total. The van der Waals surface area contributed by atoms with Crippen LogP contribution in [0.25, 0.3) is 10.9 Å². The van der Waals surface area contributed by atoms with Crippen LogP contribution in [0.4, 0.5) is 0 Å². The molecule has 1 unspecified atom stereocenters. The number of hydrogen-bond donors (Lipinski definition) is 1. The lowest BCUT2D eigenvalue weighted by atomic mass is 9.95. The zero-order valence-electron chi connectivity index (χ0n) is 20.2. The summed E-state index contributed by atoms with van der Waals surface area (Å²) in [6.07, 6.45) is 6.99. The first-order valence-electron chi connectivity index (χ1n) is 12.6. The van der Waals surface area contributed by atoms with E-state index in [9.17, 15) is 4.79 Å². The Hall–Kier alpha value is -2.78. The molecule has 1 aliphatic carbocycles. The predicted octanol–water partition coefficient (Wildman–Crippen LogP) is 3.15. The van der Waals surface area contributed by atoms with Gasteiger partial charge in [0.05, 0.1) is 18.7 Å². The Morgan fingerprint density at radius 2 is 1.91 bits per heavy atom. The van der Waals surface area contributed by atoms with E-state index in [1.807, 2.05) is 28.9 Å². The van der Waals surface area contributed by atoms with Crippen molar-refractivity contribution >= 4 is 10.9 Å². The molecule has 2 aliphatic rings. The lowest BCUT2D eigenvalue weighted by Crippen LogP contribution is -2.49.